The van der Waals surface area contributed by atoms with Crippen molar-refractivity contribution in [2.75, 3.05) is 45.7 Å². The number of methoxy groups -OCH3 is 2. The Labute approximate surface area is 172 Å². The van der Waals surface area contributed by atoms with Crippen LogP contribution < -0.4 is 14.8 Å². The Kier molecular flexibility index (Phi) is 5.65. The monoisotopic (exact) mass is 398 g/mol. The highest BCUT2D eigenvalue weighted by atomic mass is 16.5. The Morgan fingerprint density at radius 1 is 1.03 bits per heavy atom. The summed E-state index contributed by atoms with van der Waals surface area (Å²) in [6, 6.07) is 6.37. The van der Waals surface area contributed by atoms with Gasteiger partial charge in [0.2, 0.25) is 0 Å². The van der Waals surface area contributed by atoms with E-state index in [4.69, 9.17) is 14.5 Å². The molecule has 2 amide bonds. The molecule has 7 nitrogen and oxygen atoms in total. The average molecular weight is 399 g/mol. The summed E-state index contributed by atoms with van der Waals surface area (Å²) in [4.78, 5) is 21.4. The minimum absolute atomic E-state index is 0.206. The number of piperidine rings is 1. The molecule has 0 aliphatic carbocycles. The van der Waals surface area contributed by atoms with E-state index in [9.17, 15) is 4.79 Å². The van der Waals surface area contributed by atoms with E-state index in [0.29, 0.717) is 6.04 Å². The van der Waals surface area contributed by atoms with Crippen LogP contribution in [0, 0.1) is 6.92 Å². The fourth-order valence-electron chi connectivity index (χ4n) is 4.42. The van der Waals surface area contributed by atoms with Gasteiger partial charge in [0.05, 0.1) is 14.2 Å². The number of pyridine rings is 1. The Morgan fingerprint density at radius 2 is 1.66 bits per heavy atom. The number of ether oxygens (including phenoxy) is 2. The zero-order chi connectivity index (χ0) is 20.4. The van der Waals surface area contributed by atoms with E-state index in [1.807, 2.05) is 21.9 Å². The number of benzene rings is 1. The fourth-order valence-corrected chi connectivity index (χ4v) is 4.42. The highest BCUT2D eigenvalue weighted by Gasteiger charge is 2.28. The van der Waals surface area contributed by atoms with Crippen molar-refractivity contribution in [3.63, 3.8) is 0 Å². The molecule has 29 heavy (non-hydrogen) atoms. The molecule has 3 heterocycles. The van der Waals surface area contributed by atoms with Crippen molar-refractivity contribution in [3.8, 4) is 11.5 Å². The zero-order valence-corrected chi connectivity index (χ0v) is 17.5. The van der Waals surface area contributed by atoms with Gasteiger partial charge in [0.1, 0.15) is 22.8 Å². The summed E-state index contributed by atoms with van der Waals surface area (Å²) in [6.07, 6.45) is 4.11. The second-order valence-electron chi connectivity index (χ2n) is 7.90. The summed E-state index contributed by atoms with van der Waals surface area (Å²) in [5, 5.41) is 4.55. The number of fused-ring (bicyclic) bond motifs is 1. The van der Waals surface area contributed by atoms with Crippen LogP contribution in [0.2, 0.25) is 0 Å². The first-order valence-corrected chi connectivity index (χ1v) is 10.4. The molecule has 2 fully saturated rings. The van der Waals surface area contributed by atoms with Gasteiger partial charge in [-0.05, 0) is 56.4 Å². The van der Waals surface area contributed by atoms with E-state index < -0.39 is 0 Å². The SMILES string of the molecule is COc1ccc(OC)c2c(C)cc(NC3CCN(C(=O)N4CCCC4)CC3)nc12. The predicted molar refractivity (Wildman–Crippen MR) is 114 cm³/mol. The second kappa shape index (κ2) is 8.35. The van der Waals surface area contributed by atoms with Gasteiger partial charge >= 0.3 is 6.03 Å². The molecule has 7 heteroatoms. The fraction of sp³-hybridized carbons (Fsp3) is 0.545. The molecule has 1 N–H and O–H groups in total. The number of rotatable bonds is 4. The molecule has 0 radical (unpaired) electrons. The van der Waals surface area contributed by atoms with Gasteiger partial charge < -0.3 is 24.6 Å². The lowest BCUT2D eigenvalue weighted by molar-refractivity contribution is 0.150. The Balaban J connectivity index is 1.47. The summed E-state index contributed by atoms with van der Waals surface area (Å²) in [5.74, 6) is 2.37. The number of hydrogen-bond donors (Lipinski definition) is 1. The number of carbonyl (C=O) groups is 1. The number of nitrogens with one attached hydrogen (secondary N) is 1. The lowest BCUT2D eigenvalue weighted by Crippen LogP contribution is -2.47. The van der Waals surface area contributed by atoms with E-state index in [0.717, 1.165) is 85.6 Å². The molecule has 0 spiro atoms. The molecule has 2 aromatic rings. The van der Waals surface area contributed by atoms with E-state index in [-0.39, 0.29) is 6.03 Å². The molecule has 2 aliphatic rings. The third kappa shape index (κ3) is 3.91. The van der Waals surface area contributed by atoms with Crippen molar-refractivity contribution in [1.29, 1.82) is 0 Å². The quantitative estimate of drug-likeness (QED) is 0.852. The predicted octanol–water partition coefficient (Wildman–Crippen LogP) is 3.65. The largest absolute Gasteiger partial charge is 0.496 e. The Morgan fingerprint density at radius 3 is 2.31 bits per heavy atom. The van der Waals surface area contributed by atoms with E-state index in [2.05, 4.69) is 18.3 Å². The van der Waals surface area contributed by atoms with Gasteiger partial charge in [-0.1, -0.05) is 0 Å². The van der Waals surface area contributed by atoms with Crippen molar-refractivity contribution in [2.45, 2.75) is 38.6 Å². The van der Waals surface area contributed by atoms with Crippen LogP contribution in [0.1, 0.15) is 31.2 Å². The van der Waals surface area contributed by atoms with Crippen LogP contribution in [0.4, 0.5) is 10.6 Å². The molecule has 1 aromatic heterocycles. The van der Waals surface area contributed by atoms with Crippen molar-refractivity contribution in [3.05, 3.63) is 23.8 Å². The van der Waals surface area contributed by atoms with Crippen LogP contribution in [0.25, 0.3) is 10.9 Å². The van der Waals surface area contributed by atoms with Crippen molar-refractivity contribution < 1.29 is 14.3 Å². The number of nitrogens with zero attached hydrogens (tertiary/aromatic N) is 3. The van der Waals surface area contributed by atoms with Crippen LogP contribution >= 0.6 is 0 Å². The molecule has 156 valence electrons. The van der Waals surface area contributed by atoms with Crippen molar-refractivity contribution in [2.24, 2.45) is 0 Å². The number of amides is 2. The molecule has 0 saturated carbocycles. The number of carbonyl (C=O) groups excluding carboxylic acids is 1. The van der Waals surface area contributed by atoms with Crippen LogP contribution in [0.3, 0.4) is 0 Å². The van der Waals surface area contributed by atoms with Crippen molar-refractivity contribution >= 4 is 22.8 Å². The standard InChI is InChI=1S/C22H30N4O3/c1-15-14-19(24-21-18(29-3)7-6-17(28-2)20(15)21)23-16-8-12-26(13-9-16)22(27)25-10-4-5-11-25/h6-7,14,16H,4-5,8-13H2,1-3H3,(H,23,24). The maximum absolute atomic E-state index is 12.6. The minimum atomic E-state index is 0.206. The van der Waals surface area contributed by atoms with Crippen molar-refractivity contribution in [1.82, 2.24) is 14.8 Å². The second-order valence-corrected chi connectivity index (χ2v) is 7.90. The summed E-state index contributed by atoms with van der Waals surface area (Å²) in [7, 11) is 3.33. The molecule has 1 aromatic carbocycles. The molecule has 2 aliphatic heterocycles. The number of anilines is 1. The maximum atomic E-state index is 12.6. The Bertz CT molecular complexity index is 887. The average Bonchev–Trinajstić information content (AvgIpc) is 3.28. The zero-order valence-electron chi connectivity index (χ0n) is 17.5. The third-order valence-electron chi connectivity index (χ3n) is 6.02. The first-order chi connectivity index (χ1) is 14.1. The molecule has 0 bridgehead atoms. The number of hydrogen-bond acceptors (Lipinski definition) is 5. The lowest BCUT2D eigenvalue weighted by atomic mass is 10.0. The van der Waals surface area contributed by atoms with Gasteiger partial charge in [0, 0.05) is 37.6 Å². The first kappa shape index (κ1) is 19.6. The van der Waals surface area contributed by atoms with Crippen LogP contribution in [-0.4, -0.2) is 67.3 Å². The van der Waals surface area contributed by atoms with Gasteiger partial charge in [0.25, 0.3) is 0 Å². The normalized spacial score (nSPS) is 17.6. The summed E-state index contributed by atoms with van der Waals surface area (Å²) < 4.78 is 11.0. The molecule has 0 atom stereocenters. The Hall–Kier alpha value is -2.70. The topological polar surface area (TPSA) is 66.9 Å². The number of aromatic nitrogens is 1. The van der Waals surface area contributed by atoms with E-state index in [1.165, 1.54) is 0 Å². The van der Waals surface area contributed by atoms with Gasteiger partial charge in [0.15, 0.2) is 0 Å². The molecule has 2 saturated heterocycles. The van der Waals surface area contributed by atoms with Gasteiger partial charge in [-0.2, -0.15) is 0 Å². The van der Waals surface area contributed by atoms with Gasteiger partial charge in [-0.3, -0.25) is 0 Å². The number of likely N-dealkylation sites (tertiary alicyclic amines) is 2. The molecule has 4 rings (SSSR count). The molecular formula is C22H30N4O3. The maximum Gasteiger partial charge on any atom is 0.319 e. The van der Waals surface area contributed by atoms with E-state index >= 15 is 0 Å². The molecule has 0 unspecified atom stereocenters. The minimum Gasteiger partial charge on any atom is -0.496 e. The van der Waals surface area contributed by atoms with Gasteiger partial charge in [-0.15, -0.1) is 0 Å². The summed E-state index contributed by atoms with van der Waals surface area (Å²) in [5.41, 5.74) is 1.89. The summed E-state index contributed by atoms with van der Waals surface area (Å²) >= 11 is 0. The first-order valence-electron chi connectivity index (χ1n) is 10.4. The van der Waals surface area contributed by atoms with Crippen LogP contribution in [-0.2, 0) is 0 Å². The highest BCUT2D eigenvalue weighted by molar-refractivity contribution is 5.94. The molecular weight excluding hydrogens is 368 g/mol. The smallest absolute Gasteiger partial charge is 0.319 e. The number of urea groups is 1. The number of aryl methyl sites for hydroxylation is 1. The third-order valence-corrected chi connectivity index (χ3v) is 6.02. The summed E-state index contributed by atoms with van der Waals surface area (Å²) in [6.45, 7) is 5.45. The van der Waals surface area contributed by atoms with Crippen LogP contribution in [0.5, 0.6) is 11.5 Å². The van der Waals surface area contributed by atoms with Crippen LogP contribution in [0.15, 0.2) is 18.2 Å². The van der Waals surface area contributed by atoms with E-state index in [1.54, 1.807) is 14.2 Å². The lowest BCUT2D eigenvalue weighted by Gasteiger charge is -2.35. The van der Waals surface area contributed by atoms with Gasteiger partial charge in [-0.25, -0.2) is 9.78 Å². The highest BCUT2D eigenvalue weighted by Crippen LogP contribution is 2.35.